The number of methoxy groups -OCH3 is 1. The molecule has 0 saturated carbocycles. The van der Waals surface area contributed by atoms with Gasteiger partial charge in [-0.25, -0.2) is 4.98 Å². The van der Waals surface area contributed by atoms with Crippen molar-refractivity contribution < 1.29 is 9.15 Å². The summed E-state index contributed by atoms with van der Waals surface area (Å²) in [7, 11) is 1.65. The van der Waals surface area contributed by atoms with E-state index in [-0.39, 0.29) is 0 Å². The quantitative estimate of drug-likeness (QED) is 0.296. The van der Waals surface area contributed by atoms with Crippen LogP contribution in [0.1, 0.15) is 11.5 Å². The Hall–Kier alpha value is -3.91. The average Bonchev–Trinajstić information content (AvgIpc) is 3.47. The van der Waals surface area contributed by atoms with Crippen LogP contribution in [0.4, 0.5) is 0 Å². The first-order valence-electron chi connectivity index (χ1n) is 10.4. The van der Waals surface area contributed by atoms with Crippen molar-refractivity contribution in [3.63, 3.8) is 0 Å². The lowest BCUT2D eigenvalue weighted by Crippen LogP contribution is -2.00. The van der Waals surface area contributed by atoms with Crippen LogP contribution in [0.3, 0.4) is 0 Å². The SMILES string of the molecule is COc1ccc(-n2c(SCc3nc(-c4ccccc4)oc3C)nnc2-c2ccncc2)cc1. The number of pyridine rings is 1. The van der Waals surface area contributed by atoms with Crippen LogP contribution in [0.15, 0.2) is 88.7 Å². The minimum absolute atomic E-state index is 0.604. The van der Waals surface area contributed by atoms with E-state index in [4.69, 9.17) is 14.1 Å². The Bertz CT molecular complexity index is 1350. The molecule has 3 heterocycles. The monoisotopic (exact) mass is 455 g/mol. The van der Waals surface area contributed by atoms with Crippen LogP contribution in [-0.2, 0) is 5.75 Å². The van der Waals surface area contributed by atoms with E-state index in [1.807, 2.05) is 78.2 Å². The Morgan fingerprint density at radius 1 is 0.909 bits per heavy atom. The van der Waals surface area contributed by atoms with Crippen LogP contribution in [0.2, 0.25) is 0 Å². The lowest BCUT2D eigenvalue weighted by molar-refractivity contribution is 0.414. The van der Waals surface area contributed by atoms with Gasteiger partial charge in [0, 0.05) is 35.0 Å². The van der Waals surface area contributed by atoms with E-state index in [1.54, 1.807) is 31.3 Å². The molecule has 0 aliphatic rings. The highest BCUT2D eigenvalue weighted by atomic mass is 32.2. The van der Waals surface area contributed by atoms with Crippen molar-refractivity contribution in [1.82, 2.24) is 24.7 Å². The molecular formula is C25H21N5O2S. The molecular weight excluding hydrogens is 434 g/mol. The van der Waals surface area contributed by atoms with Gasteiger partial charge in [0.1, 0.15) is 11.5 Å². The Morgan fingerprint density at radius 2 is 1.67 bits per heavy atom. The van der Waals surface area contributed by atoms with Crippen LogP contribution in [0.5, 0.6) is 5.75 Å². The summed E-state index contributed by atoms with van der Waals surface area (Å²) in [6.07, 6.45) is 3.50. The smallest absolute Gasteiger partial charge is 0.226 e. The van der Waals surface area contributed by atoms with Gasteiger partial charge in [-0.3, -0.25) is 9.55 Å². The topological polar surface area (TPSA) is 78.9 Å². The zero-order valence-electron chi connectivity index (χ0n) is 18.2. The molecule has 8 heteroatoms. The van der Waals surface area contributed by atoms with Gasteiger partial charge in [-0.2, -0.15) is 0 Å². The summed E-state index contributed by atoms with van der Waals surface area (Å²) in [6.45, 7) is 1.94. The lowest BCUT2D eigenvalue weighted by atomic mass is 10.2. The molecule has 0 unspecified atom stereocenters. The van der Waals surface area contributed by atoms with Gasteiger partial charge in [0.25, 0.3) is 0 Å². The molecule has 0 aliphatic heterocycles. The highest BCUT2D eigenvalue weighted by Crippen LogP contribution is 2.31. The number of benzene rings is 2. The molecule has 0 atom stereocenters. The van der Waals surface area contributed by atoms with Gasteiger partial charge in [0.05, 0.1) is 12.8 Å². The fourth-order valence-electron chi connectivity index (χ4n) is 3.41. The number of hydrogen-bond donors (Lipinski definition) is 0. The number of thioether (sulfide) groups is 1. The molecule has 0 aliphatic carbocycles. The number of aryl methyl sites for hydroxylation is 1. The summed E-state index contributed by atoms with van der Waals surface area (Å²) < 4.78 is 13.3. The van der Waals surface area contributed by atoms with E-state index in [9.17, 15) is 0 Å². The number of oxazole rings is 1. The number of aromatic nitrogens is 5. The predicted octanol–water partition coefficient (Wildman–Crippen LogP) is 5.59. The standard InChI is InChI=1S/C25H21N5O2S/c1-17-22(27-24(32-17)19-6-4-3-5-7-19)16-33-25-29-28-23(18-12-14-26-15-13-18)30(25)20-8-10-21(31-2)11-9-20/h3-15H,16H2,1-2H3. The normalized spacial score (nSPS) is 11.0. The van der Waals surface area contributed by atoms with E-state index in [2.05, 4.69) is 15.2 Å². The number of rotatable bonds is 7. The zero-order valence-corrected chi connectivity index (χ0v) is 19.0. The van der Waals surface area contributed by atoms with E-state index in [1.165, 1.54) is 0 Å². The molecule has 0 bridgehead atoms. The molecule has 0 radical (unpaired) electrons. The number of ether oxygens (including phenoxy) is 1. The summed E-state index contributed by atoms with van der Waals surface area (Å²) in [4.78, 5) is 8.83. The zero-order chi connectivity index (χ0) is 22.6. The first-order valence-corrected chi connectivity index (χ1v) is 11.4. The fourth-order valence-corrected chi connectivity index (χ4v) is 4.37. The minimum Gasteiger partial charge on any atom is -0.497 e. The molecule has 0 N–H and O–H groups in total. The molecule has 0 fully saturated rings. The molecule has 2 aromatic carbocycles. The first kappa shape index (κ1) is 21.0. The summed E-state index contributed by atoms with van der Waals surface area (Å²) in [6, 6.07) is 21.6. The Balaban J connectivity index is 1.47. The van der Waals surface area contributed by atoms with Crippen LogP contribution in [-0.4, -0.2) is 31.8 Å². The summed E-state index contributed by atoms with van der Waals surface area (Å²) in [5.74, 6) is 3.56. The van der Waals surface area contributed by atoms with Gasteiger partial charge in [0.2, 0.25) is 5.89 Å². The number of hydrogen-bond acceptors (Lipinski definition) is 7. The molecule has 3 aromatic heterocycles. The number of nitrogens with zero attached hydrogens (tertiary/aromatic N) is 5. The van der Waals surface area contributed by atoms with Crippen LogP contribution < -0.4 is 4.74 Å². The highest BCUT2D eigenvalue weighted by Gasteiger charge is 2.18. The third-order valence-corrected chi connectivity index (χ3v) is 6.09. The van der Waals surface area contributed by atoms with Gasteiger partial charge in [-0.1, -0.05) is 30.0 Å². The Labute approximate surface area is 195 Å². The summed E-state index contributed by atoms with van der Waals surface area (Å²) in [5.41, 5.74) is 3.72. The van der Waals surface area contributed by atoms with Crippen molar-refractivity contribution in [2.45, 2.75) is 17.8 Å². The maximum absolute atomic E-state index is 5.92. The largest absolute Gasteiger partial charge is 0.497 e. The van der Waals surface area contributed by atoms with E-state index < -0.39 is 0 Å². The molecule has 0 amide bonds. The summed E-state index contributed by atoms with van der Waals surface area (Å²) >= 11 is 1.56. The molecule has 0 spiro atoms. The second-order valence-electron chi connectivity index (χ2n) is 7.25. The van der Waals surface area contributed by atoms with Crippen molar-refractivity contribution in [3.8, 4) is 34.3 Å². The third-order valence-electron chi connectivity index (χ3n) is 5.15. The van der Waals surface area contributed by atoms with E-state index >= 15 is 0 Å². The van der Waals surface area contributed by atoms with Crippen LogP contribution >= 0.6 is 11.8 Å². The van der Waals surface area contributed by atoms with Crippen LogP contribution in [0.25, 0.3) is 28.5 Å². The minimum atomic E-state index is 0.604. The summed E-state index contributed by atoms with van der Waals surface area (Å²) in [5, 5.41) is 9.73. The van der Waals surface area contributed by atoms with Crippen molar-refractivity contribution in [3.05, 3.63) is 90.6 Å². The third kappa shape index (κ3) is 4.38. The highest BCUT2D eigenvalue weighted by molar-refractivity contribution is 7.98. The van der Waals surface area contributed by atoms with E-state index in [0.717, 1.165) is 45.0 Å². The van der Waals surface area contributed by atoms with Gasteiger partial charge in [-0.15, -0.1) is 10.2 Å². The van der Waals surface area contributed by atoms with E-state index in [0.29, 0.717) is 11.6 Å². The molecule has 5 aromatic rings. The predicted molar refractivity (Wildman–Crippen MR) is 127 cm³/mol. The average molecular weight is 456 g/mol. The van der Waals surface area contributed by atoms with Crippen molar-refractivity contribution in [2.75, 3.05) is 7.11 Å². The fraction of sp³-hybridized carbons (Fsp3) is 0.120. The van der Waals surface area contributed by atoms with Gasteiger partial charge in [0.15, 0.2) is 11.0 Å². The van der Waals surface area contributed by atoms with Gasteiger partial charge >= 0.3 is 0 Å². The Kier molecular flexibility index (Phi) is 5.91. The van der Waals surface area contributed by atoms with Crippen molar-refractivity contribution in [1.29, 1.82) is 0 Å². The second kappa shape index (κ2) is 9.30. The molecule has 164 valence electrons. The first-order chi connectivity index (χ1) is 16.2. The Morgan fingerprint density at radius 3 is 2.39 bits per heavy atom. The van der Waals surface area contributed by atoms with Crippen molar-refractivity contribution in [2.24, 2.45) is 0 Å². The maximum Gasteiger partial charge on any atom is 0.226 e. The van der Waals surface area contributed by atoms with Crippen LogP contribution in [0, 0.1) is 6.92 Å². The second-order valence-corrected chi connectivity index (χ2v) is 8.19. The van der Waals surface area contributed by atoms with Gasteiger partial charge in [-0.05, 0) is 55.5 Å². The molecule has 33 heavy (non-hydrogen) atoms. The molecule has 0 saturated heterocycles. The maximum atomic E-state index is 5.92. The molecule has 5 rings (SSSR count). The van der Waals surface area contributed by atoms with Gasteiger partial charge < -0.3 is 9.15 Å². The molecule has 7 nitrogen and oxygen atoms in total. The van der Waals surface area contributed by atoms with Crippen molar-refractivity contribution >= 4 is 11.8 Å². The lowest BCUT2D eigenvalue weighted by Gasteiger charge is -2.11.